The third kappa shape index (κ3) is 3.53. The van der Waals surface area contributed by atoms with Gasteiger partial charge in [-0.2, -0.15) is 0 Å². The summed E-state index contributed by atoms with van der Waals surface area (Å²) in [4.78, 5) is 11.8. The summed E-state index contributed by atoms with van der Waals surface area (Å²) in [6, 6.07) is 3.33. The average Bonchev–Trinajstić information content (AvgIpc) is 2.93. The second-order valence-electron chi connectivity index (χ2n) is 4.30. The summed E-state index contributed by atoms with van der Waals surface area (Å²) < 4.78 is 10.4. The maximum absolute atomic E-state index is 11.8. The van der Waals surface area contributed by atoms with Crippen molar-refractivity contribution >= 4 is 29.1 Å². The van der Waals surface area contributed by atoms with Gasteiger partial charge in [0.05, 0.1) is 12.1 Å². The fourth-order valence-electron chi connectivity index (χ4n) is 1.94. The molecule has 6 heteroatoms. The van der Waals surface area contributed by atoms with E-state index in [2.05, 4.69) is 5.32 Å². The summed E-state index contributed by atoms with van der Waals surface area (Å²) in [6.45, 7) is 0.967. The topological polar surface area (TPSA) is 47.6 Å². The molecule has 0 bridgehead atoms. The van der Waals surface area contributed by atoms with E-state index in [1.54, 1.807) is 12.1 Å². The number of carbonyl (C=O) groups excluding carboxylic acids is 1. The van der Waals surface area contributed by atoms with Crippen LogP contribution < -0.4 is 10.1 Å². The lowest BCUT2D eigenvalue weighted by Crippen LogP contribution is -2.33. The van der Waals surface area contributed by atoms with Crippen LogP contribution in [0.2, 0.25) is 10.0 Å². The summed E-state index contributed by atoms with van der Waals surface area (Å²) in [6.07, 6.45) is 1.35. The Morgan fingerprint density at radius 1 is 1.47 bits per heavy atom. The molecule has 1 unspecified atom stereocenters. The Bertz CT molecular complexity index is 473. The Labute approximate surface area is 122 Å². The van der Waals surface area contributed by atoms with Crippen molar-refractivity contribution in [1.82, 2.24) is 5.32 Å². The van der Waals surface area contributed by atoms with Crippen LogP contribution >= 0.6 is 23.2 Å². The van der Waals surface area contributed by atoms with Gasteiger partial charge in [0.1, 0.15) is 11.9 Å². The predicted octanol–water partition coefficient (Wildman–Crippen LogP) is 2.80. The van der Waals surface area contributed by atoms with Gasteiger partial charge in [-0.3, -0.25) is 4.79 Å². The van der Waals surface area contributed by atoms with Gasteiger partial charge in [-0.25, -0.2) is 0 Å². The van der Waals surface area contributed by atoms with E-state index in [9.17, 15) is 4.79 Å². The first-order valence-corrected chi connectivity index (χ1v) is 6.78. The fourth-order valence-corrected chi connectivity index (χ4v) is 2.43. The molecule has 4 nitrogen and oxygen atoms in total. The molecule has 2 rings (SSSR count). The number of benzene rings is 1. The summed E-state index contributed by atoms with van der Waals surface area (Å²) in [5.74, 6) is 0.404. The van der Waals surface area contributed by atoms with Crippen LogP contribution in [0.1, 0.15) is 18.4 Å². The van der Waals surface area contributed by atoms with E-state index in [0.717, 1.165) is 18.4 Å². The fraction of sp³-hybridized carbons (Fsp3) is 0.462. The molecule has 1 atom stereocenters. The molecule has 0 saturated carbocycles. The zero-order valence-corrected chi connectivity index (χ0v) is 12.1. The minimum Gasteiger partial charge on any atom is -0.495 e. The molecule has 0 aliphatic carbocycles. The number of methoxy groups -OCH3 is 1. The van der Waals surface area contributed by atoms with Crippen LogP contribution in [0.25, 0.3) is 0 Å². The number of carbonyl (C=O) groups is 1. The second kappa shape index (κ2) is 6.46. The van der Waals surface area contributed by atoms with Crippen molar-refractivity contribution < 1.29 is 14.3 Å². The van der Waals surface area contributed by atoms with E-state index in [1.165, 1.54) is 7.11 Å². The third-order valence-electron chi connectivity index (χ3n) is 3.00. The van der Waals surface area contributed by atoms with Gasteiger partial charge in [0.15, 0.2) is 0 Å². The lowest BCUT2D eigenvalue weighted by molar-refractivity contribution is -0.130. The SMILES string of the molecule is COc1cc(Cl)c(CNC(=O)C2CCCO2)cc1Cl. The number of ether oxygens (including phenoxy) is 2. The molecular formula is C13H15Cl2NO3. The molecule has 0 radical (unpaired) electrons. The summed E-state index contributed by atoms with van der Waals surface area (Å²) in [5.41, 5.74) is 0.749. The maximum atomic E-state index is 11.8. The zero-order chi connectivity index (χ0) is 13.8. The van der Waals surface area contributed by atoms with E-state index in [-0.39, 0.29) is 12.0 Å². The molecule has 1 aliphatic heterocycles. The van der Waals surface area contributed by atoms with Crippen LogP contribution in [-0.4, -0.2) is 25.7 Å². The van der Waals surface area contributed by atoms with E-state index < -0.39 is 0 Å². The molecule has 1 heterocycles. The van der Waals surface area contributed by atoms with Crippen molar-refractivity contribution in [3.8, 4) is 5.75 Å². The van der Waals surface area contributed by atoms with Crippen molar-refractivity contribution in [2.24, 2.45) is 0 Å². The van der Waals surface area contributed by atoms with Gasteiger partial charge in [0.25, 0.3) is 0 Å². The van der Waals surface area contributed by atoms with E-state index in [0.29, 0.717) is 28.9 Å². The largest absolute Gasteiger partial charge is 0.495 e. The Morgan fingerprint density at radius 2 is 2.26 bits per heavy atom. The highest BCUT2D eigenvalue weighted by atomic mass is 35.5. The molecule has 0 spiro atoms. The quantitative estimate of drug-likeness (QED) is 0.930. The third-order valence-corrected chi connectivity index (χ3v) is 3.64. The van der Waals surface area contributed by atoms with Crippen LogP contribution in [0.4, 0.5) is 0 Å². The van der Waals surface area contributed by atoms with Gasteiger partial charge < -0.3 is 14.8 Å². The maximum Gasteiger partial charge on any atom is 0.249 e. The summed E-state index contributed by atoms with van der Waals surface area (Å²) >= 11 is 12.1. The van der Waals surface area contributed by atoms with Crippen LogP contribution in [0, 0.1) is 0 Å². The van der Waals surface area contributed by atoms with Crippen molar-refractivity contribution in [2.45, 2.75) is 25.5 Å². The van der Waals surface area contributed by atoms with Gasteiger partial charge >= 0.3 is 0 Å². The first-order chi connectivity index (χ1) is 9.11. The Morgan fingerprint density at radius 3 is 2.89 bits per heavy atom. The van der Waals surface area contributed by atoms with E-state index >= 15 is 0 Å². The highest BCUT2D eigenvalue weighted by molar-refractivity contribution is 6.34. The summed E-state index contributed by atoms with van der Waals surface area (Å²) in [5, 5.41) is 3.77. The first kappa shape index (κ1) is 14.4. The standard InChI is InChI=1S/C13H15Cl2NO3/c1-18-12-6-9(14)8(5-10(12)15)7-16-13(17)11-3-2-4-19-11/h5-6,11H,2-4,7H2,1H3,(H,16,17). The molecule has 0 aromatic heterocycles. The Hall–Kier alpha value is -0.970. The highest BCUT2D eigenvalue weighted by Crippen LogP contribution is 2.30. The molecule has 1 N–H and O–H groups in total. The number of amides is 1. The van der Waals surface area contributed by atoms with Crippen molar-refractivity contribution in [1.29, 1.82) is 0 Å². The number of nitrogens with one attached hydrogen (secondary N) is 1. The van der Waals surface area contributed by atoms with Crippen LogP contribution in [-0.2, 0) is 16.1 Å². The highest BCUT2D eigenvalue weighted by Gasteiger charge is 2.23. The van der Waals surface area contributed by atoms with Crippen molar-refractivity contribution in [3.63, 3.8) is 0 Å². The molecular weight excluding hydrogens is 289 g/mol. The van der Waals surface area contributed by atoms with Gasteiger partial charge in [0, 0.05) is 24.2 Å². The van der Waals surface area contributed by atoms with Gasteiger partial charge in [0.2, 0.25) is 5.91 Å². The summed E-state index contributed by atoms with van der Waals surface area (Å²) in [7, 11) is 1.52. The smallest absolute Gasteiger partial charge is 0.249 e. The first-order valence-electron chi connectivity index (χ1n) is 6.03. The Balaban J connectivity index is 1.99. The molecule has 104 valence electrons. The lowest BCUT2D eigenvalue weighted by atomic mass is 10.2. The monoisotopic (exact) mass is 303 g/mol. The molecule has 1 aromatic rings. The second-order valence-corrected chi connectivity index (χ2v) is 5.11. The molecule has 1 fully saturated rings. The molecule has 1 aliphatic rings. The van der Waals surface area contributed by atoms with Crippen molar-refractivity contribution in [2.75, 3.05) is 13.7 Å². The number of hydrogen-bond donors (Lipinski definition) is 1. The van der Waals surface area contributed by atoms with Gasteiger partial charge in [-0.1, -0.05) is 23.2 Å². The molecule has 1 saturated heterocycles. The lowest BCUT2D eigenvalue weighted by Gasteiger charge is -2.12. The van der Waals surface area contributed by atoms with Gasteiger partial charge in [-0.05, 0) is 24.5 Å². The predicted molar refractivity (Wildman–Crippen MR) is 73.8 cm³/mol. The zero-order valence-electron chi connectivity index (χ0n) is 10.5. The normalized spacial score (nSPS) is 18.4. The molecule has 1 aromatic carbocycles. The van der Waals surface area contributed by atoms with E-state index in [4.69, 9.17) is 32.7 Å². The van der Waals surface area contributed by atoms with Gasteiger partial charge in [-0.15, -0.1) is 0 Å². The van der Waals surface area contributed by atoms with Crippen LogP contribution in [0.3, 0.4) is 0 Å². The number of rotatable bonds is 4. The average molecular weight is 304 g/mol. The minimum absolute atomic E-state index is 0.111. The van der Waals surface area contributed by atoms with Crippen LogP contribution in [0.15, 0.2) is 12.1 Å². The molecule has 19 heavy (non-hydrogen) atoms. The van der Waals surface area contributed by atoms with Crippen LogP contribution in [0.5, 0.6) is 5.75 Å². The minimum atomic E-state index is -0.340. The molecule has 1 amide bonds. The number of hydrogen-bond acceptors (Lipinski definition) is 3. The number of halogens is 2. The van der Waals surface area contributed by atoms with Crippen molar-refractivity contribution in [3.05, 3.63) is 27.7 Å². The van der Waals surface area contributed by atoms with E-state index in [1.807, 2.05) is 0 Å². The Kier molecular flexibility index (Phi) is 4.91.